The topological polar surface area (TPSA) is 70.7 Å². The molecule has 3 rings (SSSR count). The summed E-state index contributed by atoms with van der Waals surface area (Å²) in [6.07, 6.45) is 9.59. The maximum Gasteiger partial charge on any atom is 0.124 e. The van der Waals surface area contributed by atoms with E-state index in [1.807, 2.05) is 27.6 Å². The predicted molar refractivity (Wildman–Crippen MR) is 83.7 cm³/mol. The van der Waals surface area contributed by atoms with Gasteiger partial charge in [-0.05, 0) is 34.5 Å². The average molecular weight is 363 g/mol. The number of pyridine rings is 1. The third kappa shape index (κ3) is 3.23. The molecule has 0 saturated carbocycles. The van der Waals surface area contributed by atoms with Crippen LogP contribution >= 0.6 is 15.9 Å². The lowest BCUT2D eigenvalue weighted by molar-refractivity contribution is 0.181. The molecule has 1 atom stereocenters. The van der Waals surface area contributed by atoms with Crippen molar-refractivity contribution in [1.29, 1.82) is 0 Å². The second-order valence-electron chi connectivity index (χ2n) is 4.75. The normalized spacial score (nSPS) is 12.5. The molecule has 0 aliphatic rings. The fourth-order valence-corrected chi connectivity index (χ4v) is 2.43. The Morgan fingerprint density at radius 2 is 2.05 bits per heavy atom. The van der Waals surface area contributed by atoms with Gasteiger partial charge in [0.2, 0.25) is 0 Å². The lowest BCUT2D eigenvalue weighted by atomic mass is 10.1. The van der Waals surface area contributed by atoms with E-state index in [1.54, 1.807) is 32.2 Å². The van der Waals surface area contributed by atoms with E-state index >= 15 is 0 Å². The molecule has 0 aliphatic heterocycles. The highest BCUT2D eigenvalue weighted by Gasteiger charge is 2.16. The van der Waals surface area contributed by atoms with Gasteiger partial charge in [-0.15, -0.1) is 10.2 Å². The van der Waals surface area contributed by atoms with Crippen molar-refractivity contribution in [2.45, 2.75) is 12.5 Å². The molecule has 7 nitrogen and oxygen atoms in total. The summed E-state index contributed by atoms with van der Waals surface area (Å²) in [5, 5.41) is 12.1. The van der Waals surface area contributed by atoms with Crippen LogP contribution in [0.15, 0.2) is 47.9 Å². The van der Waals surface area contributed by atoms with Gasteiger partial charge in [-0.1, -0.05) is 0 Å². The Balaban J connectivity index is 1.90. The number of hydrogen-bond donors (Lipinski definition) is 0. The molecule has 0 aromatic carbocycles. The minimum atomic E-state index is 0.0123. The van der Waals surface area contributed by atoms with Gasteiger partial charge in [0.1, 0.15) is 12.7 Å². The van der Waals surface area contributed by atoms with Crippen LogP contribution < -0.4 is 0 Å². The van der Waals surface area contributed by atoms with Crippen LogP contribution in [0.2, 0.25) is 0 Å². The second kappa shape index (κ2) is 6.80. The number of aromatic nitrogens is 6. The Kier molecular flexibility index (Phi) is 4.59. The highest BCUT2D eigenvalue weighted by Crippen LogP contribution is 2.22. The zero-order valence-electron chi connectivity index (χ0n) is 12.0. The summed E-state index contributed by atoms with van der Waals surface area (Å²) >= 11 is 3.41. The largest absolute Gasteiger partial charge is 0.385 e. The number of hydrogen-bond acceptors (Lipinski definition) is 5. The third-order valence-corrected chi connectivity index (χ3v) is 3.78. The fraction of sp³-hybridized carbons (Fsp3) is 0.286. The van der Waals surface area contributed by atoms with Gasteiger partial charge >= 0.3 is 0 Å². The first kappa shape index (κ1) is 14.9. The molecule has 0 amide bonds. The molecule has 22 heavy (non-hydrogen) atoms. The second-order valence-corrected chi connectivity index (χ2v) is 5.66. The minimum absolute atomic E-state index is 0.0123. The molecular formula is C14H15BrN6O. The van der Waals surface area contributed by atoms with Gasteiger partial charge < -0.3 is 4.74 Å². The van der Waals surface area contributed by atoms with Crippen LogP contribution in [0.4, 0.5) is 0 Å². The van der Waals surface area contributed by atoms with E-state index in [-0.39, 0.29) is 6.04 Å². The van der Waals surface area contributed by atoms with E-state index in [0.29, 0.717) is 6.61 Å². The van der Waals surface area contributed by atoms with E-state index in [9.17, 15) is 0 Å². The van der Waals surface area contributed by atoms with Gasteiger partial charge in [-0.3, -0.25) is 14.2 Å². The van der Waals surface area contributed by atoms with Crippen molar-refractivity contribution in [3.63, 3.8) is 0 Å². The zero-order valence-corrected chi connectivity index (χ0v) is 13.6. The molecule has 8 heteroatoms. The molecule has 0 N–H and O–H groups in total. The quantitative estimate of drug-likeness (QED) is 0.672. The van der Waals surface area contributed by atoms with E-state index < -0.39 is 0 Å². The fourth-order valence-electron chi connectivity index (χ4n) is 2.20. The van der Waals surface area contributed by atoms with Gasteiger partial charge in [-0.2, -0.15) is 5.10 Å². The first-order valence-electron chi connectivity index (χ1n) is 6.77. The van der Waals surface area contributed by atoms with Crippen molar-refractivity contribution in [3.8, 4) is 5.69 Å². The van der Waals surface area contributed by atoms with Crippen molar-refractivity contribution in [3.05, 3.63) is 53.5 Å². The Bertz CT molecular complexity index is 709. The number of ether oxygens (including phenoxy) is 1. The predicted octanol–water partition coefficient (Wildman–Crippen LogP) is 2.25. The SMILES string of the molecule is COCCC(c1ccc(Br)cn1)n1cc(-n2cnnc2)cn1. The lowest BCUT2D eigenvalue weighted by Gasteiger charge is -2.16. The molecule has 0 aliphatic carbocycles. The van der Waals surface area contributed by atoms with Crippen molar-refractivity contribution >= 4 is 15.9 Å². The summed E-state index contributed by atoms with van der Waals surface area (Å²) < 4.78 is 9.87. The van der Waals surface area contributed by atoms with Gasteiger partial charge in [0, 0.05) is 30.6 Å². The Morgan fingerprint density at radius 1 is 1.23 bits per heavy atom. The summed E-state index contributed by atoms with van der Waals surface area (Å²) in [6, 6.07) is 3.98. The van der Waals surface area contributed by atoms with Crippen molar-refractivity contribution in [2.75, 3.05) is 13.7 Å². The van der Waals surface area contributed by atoms with Gasteiger partial charge in [-0.25, -0.2) is 0 Å². The standard InChI is InChI=1S/C14H15BrN6O/c1-22-5-4-14(13-3-2-11(15)6-16-13)21-8-12(7-19-21)20-9-17-18-10-20/h2-3,6-10,14H,4-5H2,1H3. The first-order valence-corrected chi connectivity index (χ1v) is 7.57. The van der Waals surface area contributed by atoms with Crippen LogP contribution in [0.1, 0.15) is 18.2 Å². The van der Waals surface area contributed by atoms with Crippen LogP contribution in [0, 0.1) is 0 Å². The average Bonchev–Trinajstić information content (AvgIpc) is 3.20. The molecule has 3 aromatic rings. The van der Waals surface area contributed by atoms with Gasteiger partial charge in [0.25, 0.3) is 0 Å². The van der Waals surface area contributed by atoms with E-state index in [2.05, 4.69) is 36.2 Å². The van der Waals surface area contributed by atoms with E-state index in [1.165, 1.54) is 0 Å². The lowest BCUT2D eigenvalue weighted by Crippen LogP contribution is -2.15. The summed E-state index contributed by atoms with van der Waals surface area (Å²) in [5.74, 6) is 0. The highest BCUT2D eigenvalue weighted by molar-refractivity contribution is 9.10. The minimum Gasteiger partial charge on any atom is -0.385 e. The molecule has 0 fully saturated rings. The highest BCUT2D eigenvalue weighted by atomic mass is 79.9. The van der Waals surface area contributed by atoms with Crippen molar-refractivity contribution in [2.24, 2.45) is 0 Å². The van der Waals surface area contributed by atoms with Gasteiger partial charge in [0.05, 0.1) is 23.6 Å². The number of nitrogens with zero attached hydrogens (tertiary/aromatic N) is 6. The maximum atomic E-state index is 5.21. The molecule has 3 heterocycles. The number of methoxy groups -OCH3 is 1. The van der Waals surface area contributed by atoms with Crippen LogP contribution in [-0.2, 0) is 4.74 Å². The van der Waals surface area contributed by atoms with Crippen molar-refractivity contribution in [1.82, 2.24) is 29.5 Å². The smallest absolute Gasteiger partial charge is 0.124 e. The molecular weight excluding hydrogens is 348 g/mol. The summed E-state index contributed by atoms with van der Waals surface area (Å²) in [5.41, 5.74) is 1.85. The summed E-state index contributed by atoms with van der Waals surface area (Å²) in [7, 11) is 1.69. The molecule has 3 aromatic heterocycles. The monoisotopic (exact) mass is 362 g/mol. The molecule has 1 unspecified atom stereocenters. The van der Waals surface area contributed by atoms with E-state index in [0.717, 1.165) is 22.3 Å². The zero-order chi connectivity index (χ0) is 15.4. The number of halogens is 1. The maximum absolute atomic E-state index is 5.21. The molecule has 0 bridgehead atoms. The van der Waals surface area contributed by atoms with Crippen LogP contribution in [0.5, 0.6) is 0 Å². The Morgan fingerprint density at radius 3 is 2.73 bits per heavy atom. The molecule has 0 spiro atoms. The number of rotatable bonds is 6. The molecule has 0 saturated heterocycles. The van der Waals surface area contributed by atoms with Crippen molar-refractivity contribution < 1.29 is 4.74 Å². The molecule has 114 valence electrons. The Labute approximate surface area is 136 Å². The summed E-state index contributed by atoms with van der Waals surface area (Å²) in [6.45, 7) is 0.629. The first-order chi connectivity index (χ1) is 10.8. The van der Waals surface area contributed by atoms with Gasteiger partial charge in [0.15, 0.2) is 0 Å². The van der Waals surface area contributed by atoms with Crippen LogP contribution in [0.3, 0.4) is 0 Å². The molecule has 0 radical (unpaired) electrons. The van der Waals surface area contributed by atoms with E-state index in [4.69, 9.17) is 4.74 Å². The summed E-state index contributed by atoms with van der Waals surface area (Å²) in [4.78, 5) is 4.49. The Hall–Kier alpha value is -2.06. The third-order valence-electron chi connectivity index (χ3n) is 3.31. The van der Waals surface area contributed by atoms with Crippen LogP contribution in [0.25, 0.3) is 5.69 Å². The van der Waals surface area contributed by atoms with Crippen LogP contribution in [-0.4, -0.2) is 43.2 Å².